The first kappa shape index (κ1) is 20.9. The number of ketones is 1. The molecule has 2 aromatic carbocycles. The summed E-state index contributed by atoms with van der Waals surface area (Å²) in [5, 5.41) is 0. The van der Waals surface area contributed by atoms with E-state index < -0.39 is 6.04 Å². The molecule has 0 saturated heterocycles. The molecule has 23 heavy (non-hydrogen) atoms. The highest BCUT2D eigenvalue weighted by Crippen LogP contribution is 2.21. The summed E-state index contributed by atoms with van der Waals surface area (Å²) in [7, 11) is 0. The standard InChI is InChI=1S/C16H17NO2.2C2H6/c1-12(18)16(17)11-13-7-9-15(10-8-13)19-14-5-3-2-4-6-14;2*1-2/h2-10,16H,11,17H2,1H3;2*1-2H3. The van der Waals surface area contributed by atoms with Gasteiger partial charge in [-0.1, -0.05) is 58.0 Å². The Labute approximate surface area is 140 Å². The number of para-hydroxylation sites is 1. The van der Waals surface area contributed by atoms with Crippen molar-refractivity contribution in [3.05, 3.63) is 60.2 Å². The van der Waals surface area contributed by atoms with E-state index in [-0.39, 0.29) is 5.78 Å². The number of benzene rings is 2. The molecule has 0 aromatic heterocycles. The third-order valence-electron chi connectivity index (χ3n) is 2.88. The predicted molar refractivity (Wildman–Crippen MR) is 98.0 cm³/mol. The second-order valence-corrected chi connectivity index (χ2v) is 4.48. The highest BCUT2D eigenvalue weighted by Gasteiger charge is 2.08. The van der Waals surface area contributed by atoms with Crippen LogP contribution in [0.5, 0.6) is 11.5 Å². The van der Waals surface area contributed by atoms with E-state index in [4.69, 9.17) is 10.5 Å². The van der Waals surface area contributed by atoms with Crippen LogP contribution in [0.1, 0.15) is 40.2 Å². The van der Waals surface area contributed by atoms with Gasteiger partial charge in [-0.3, -0.25) is 4.79 Å². The molecule has 0 heterocycles. The number of hydrogen-bond acceptors (Lipinski definition) is 3. The summed E-state index contributed by atoms with van der Waals surface area (Å²) in [6.07, 6.45) is 0.556. The van der Waals surface area contributed by atoms with Gasteiger partial charge in [0.15, 0.2) is 0 Å². The lowest BCUT2D eigenvalue weighted by atomic mass is 10.0. The fraction of sp³-hybridized carbons (Fsp3) is 0.350. The van der Waals surface area contributed by atoms with Crippen LogP contribution in [0.4, 0.5) is 0 Å². The van der Waals surface area contributed by atoms with E-state index in [1.54, 1.807) is 0 Å². The first-order valence-electron chi connectivity index (χ1n) is 8.23. The Morgan fingerprint density at radius 3 is 1.87 bits per heavy atom. The fourth-order valence-corrected chi connectivity index (χ4v) is 1.72. The Morgan fingerprint density at radius 1 is 0.913 bits per heavy atom. The van der Waals surface area contributed by atoms with Crippen molar-refractivity contribution in [1.82, 2.24) is 0 Å². The number of ether oxygens (including phenoxy) is 1. The molecule has 126 valence electrons. The van der Waals surface area contributed by atoms with Gasteiger partial charge in [0.25, 0.3) is 0 Å². The lowest BCUT2D eigenvalue weighted by Gasteiger charge is -2.09. The minimum absolute atomic E-state index is 0.00427. The van der Waals surface area contributed by atoms with Gasteiger partial charge >= 0.3 is 0 Å². The van der Waals surface area contributed by atoms with Crippen LogP contribution >= 0.6 is 0 Å². The number of rotatable bonds is 5. The van der Waals surface area contributed by atoms with Crippen LogP contribution in [-0.4, -0.2) is 11.8 Å². The number of nitrogens with two attached hydrogens (primary N) is 1. The van der Waals surface area contributed by atoms with Crippen LogP contribution in [0, 0.1) is 0 Å². The molecule has 3 nitrogen and oxygen atoms in total. The second-order valence-electron chi connectivity index (χ2n) is 4.48. The van der Waals surface area contributed by atoms with Gasteiger partial charge in [0, 0.05) is 0 Å². The molecular formula is C20H29NO2. The Balaban J connectivity index is 0.00000112. The Hall–Kier alpha value is -2.13. The molecular weight excluding hydrogens is 286 g/mol. The molecule has 2 rings (SSSR count). The van der Waals surface area contributed by atoms with Gasteiger partial charge in [-0.25, -0.2) is 0 Å². The molecule has 3 heteroatoms. The average Bonchev–Trinajstić information content (AvgIpc) is 2.61. The Morgan fingerprint density at radius 2 is 1.39 bits per heavy atom. The minimum Gasteiger partial charge on any atom is -0.457 e. The summed E-state index contributed by atoms with van der Waals surface area (Å²) >= 11 is 0. The van der Waals surface area contributed by atoms with E-state index in [0.717, 1.165) is 17.1 Å². The van der Waals surface area contributed by atoms with E-state index >= 15 is 0 Å². The van der Waals surface area contributed by atoms with Crippen LogP contribution in [-0.2, 0) is 11.2 Å². The molecule has 0 radical (unpaired) electrons. The highest BCUT2D eigenvalue weighted by atomic mass is 16.5. The van der Waals surface area contributed by atoms with Crippen molar-refractivity contribution in [2.75, 3.05) is 0 Å². The molecule has 0 aliphatic heterocycles. The average molecular weight is 315 g/mol. The van der Waals surface area contributed by atoms with E-state index in [2.05, 4.69) is 0 Å². The molecule has 0 amide bonds. The van der Waals surface area contributed by atoms with Crippen molar-refractivity contribution in [3.8, 4) is 11.5 Å². The molecule has 1 unspecified atom stereocenters. The predicted octanol–water partition coefficient (Wildman–Crippen LogP) is 4.99. The first-order valence-corrected chi connectivity index (χ1v) is 8.23. The molecule has 0 aliphatic carbocycles. The fourth-order valence-electron chi connectivity index (χ4n) is 1.72. The van der Waals surface area contributed by atoms with Gasteiger partial charge in [-0.05, 0) is 43.2 Å². The lowest BCUT2D eigenvalue weighted by Crippen LogP contribution is -2.30. The zero-order valence-electron chi connectivity index (χ0n) is 14.9. The van der Waals surface area contributed by atoms with Crippen molar-refractivity contribution in [2.24, 2.45) is 5.73 Å². The smallest absolute Gasteiger partial charge is 0.146 e. The number of Topliss-reactive ketones (excluding diaryl/α,β-unsaturated/α-hetero) is 1. The maximum absolute atomic E-state index is 11.1. The van der Waals surface area contributed by atoms with E-state index in [0.29, 0.717) is 6.42 Å². The summed E-state index contributed by atoms with van der Waals surface area (Å²) < 4.78 is 5.69. The summed E-state index contributed by atoms with van der Waals surface area (Å²) in [4.78, 5) is 11.1. The Kier molecular flexibility index (Phi) is 11.3. The van der Waals surface area contributed by atoms with E-state index in [9.17, 15) is 4.79 Å². The summed E-state index contributed by atoms with van der Waals surface area (Å²) in [5.41, 5.74) is 6.76. The molecule has 0 spiro atoms. The third-order valence-corrected chi connectivity index (χ3v) is 2.88. The van der Waals surface area contributed by atoms with Gasteiger partial charge in [0.05, 0.1) is 6.04 Å². The Bertz CT molecular complexity index is 535. The van der Waals surface area contributed by atoms with Crippen LogP contribution in [0.2, 0.25) is 0 Å². The van der Waals surface area contributed by atoms with Crippen LogP contribution in [0.25, 0.3) is 0 Å². The first-order chi connectivity index (χ1) is 11.1. The topological polar surface area (TPSA) is 52.3 Å². The van der Waals surface area contributed by atoms with Gasteiger partial charge in [-0.15, -0.1) is 0 Å². The lowest BCUT2D eigenvalue weighted by molar-refractivity contribution is -0.118. The van der Waals surface area contributed by atoms with Crippen LogP contribution in [0.3, 0.4) is 0 Å². The largest absolute Gasteiger partial charge is 0.457 e. The quantitative estimate of drug-likeness (QED) is 0.845. The molecule has 0 aliphatic rings. The monoisotopic (exact) mass is 315 g/mol. The van der Waals surface area contributed by atoms with Gasteiger partial charge in [-0.2, -0.15) is 0 Å². The normalized spacial score (nSPS) is 10.3. The van der Waals surface area contributed by atoms with Crippen molar-refractivity contribution in [3.63, 3.8) is 0 Å². The van der Waals surface area contributed by atoms with Crippen molar-refractivity contribution >= 4 is 5.78 Å². The molecule has 0 saturated carbocycles. The molecule has 0 fully saturated rings. The van der Waals surface area contributed by atoms with Crippen LogP contribution < -0.4 is 10.5 Å². The van der Waals surface area contributed by atoms with E-state index in [1.807, 2.05) is 82.3 Å². The zero-order chi connectivity index (χ0) is 17.7. The zero-order valence-corrected chi connectivity index (χ0v) is 14.9. The maximum atomic E-state index is 11.1. The number of carbonyl (C=O) groups is 1. The minimum atomic E-state index is -0.430. The molecule has 1 atom stereocenters. The van der Waals surface area contributed by atoms with Crippen molar-refractivity contribution < 1.29 is 9.53 Å². The van der Waals surface area contributed by atoms with E-state index in [1.165, 1.54) is 6.92 Å². The number of carbonyl (C=O) groups excluding carboxylic acids is 1. The summed E-state index contributed by atoms with van der Waals surface area (Å²) in [6.45, 7) is 9.51. The van der Waals surface area contributed by atoms with Crippen molar-refractivity contribution in [1.29, 1.82) is 0 Å². The van der Waals surface area contributed by atoms with Crippen LogP contribution in [0.15, 0.2) is 54.6 Å². The number of hydrogen-bond donors (Lipinski definition) is 1. The SMILES string of the molecule is CC.CC.CC(=O)C(N)Cc1ccc(Oc2ccccc2)cc1. The third kappa shape index (κ3) is 8.17. The summed E-state index contributed by atoms with van der Waals surface area (Å²) in [5.74, 6) is 1.58. The highest BCUT2D eigenvalue weighted by molar-refractivity contribution is 5.81. The maximum Gasteiger partial charge on any atom is 0.146 e. The van der Waals surface area contributed by atoms with Gasteiger partial charge < -0.3 is 10.5 Å². The summed E-state index contributed by atoms with van der Waals surface area (Å²) in [6, 6.07) is 16.8. The van der Waals surface area contributed by atoms with Gasteiger partial charge in [0.1, 0.15) is 17.3 Å². The molecule has 2 N–H and O–H groups in total. The molecule has 0 bridgehead atoms. The van der Waals surface area contributed by atoms with Gasteiger partial charge in [0.2, 0.25) is 0 Å². The van der Waals surface area contributed by atoms with Crippen molar-refractivity contribution in [2.45, 2.75) is 47.1 Å². The second kappa shape index (κ2) is 12.4. The molecule has 2 aromatic rings.